The van der Waals surface area contributed by atoms with E-state index in [1.165, 1.54) is 0 Å². The lowest BCUT2D eigenvalue weighted by Gasteiger charge is -2.25. The van der Waals surface area contributed by atoms with Gasteiger partial charge in [0.15, 0.2) is 0 Å². The average molecular weight is 264 g/mol. The van der Waals surface area contributed by atoms with Crippen molar-refractivity contribution >= 4 is 11.6 Å². The summed E-state index contributed by atoms with van der Waals surface area (Å²) in [5, 5.41) is 12.8. The fraction of sp³-hybridized carbons (Fsp3) is 0.714. The van der Waals surface area contributed by atoms with Crippen molar-refractivity contribution in [3.63, 3.8) is 0 Å². The van der Waals surface area contributed by atoms with E-state index in [4.69, 9.17) is 5.73 Å². The molecule has 5 heteroatoms. The second-order valence-electron chi connectivity index (χ2n) is 5.75. The highest BCUT2D eigenvalue weighted by molar-refractivity contribution is 5.44. The third-order valence-electron chi connectivity index (χ3n) is 3.67. The Balaban J connectivity index is 1.92. The summed E-state index contributed by atoms with van der Waals surface area (Å²) >= 11 is 0. The minimum absolute atomic E-state index is 0.0986. The van der Waals surface area contributed by atoms with Crippen LogP contribution in [0.15, 0.2) is 6.07 Å². The zero-order valence-electron chi connectivity index (χ0n) is 11.8. The van der Waals surface area contributed by atoms with Gasteiger partial charge in [0.25, 0.3) is 0 Å². The van der Waals surface area contributed by atoms with Gasteiger partial charge in [0.1, 0.15) is 17.5 Å². The van der Waals surface area contributed by atoms with Gasteiger partial charge in [-0.15, -0.1) is 0 Å². The van der Waals surface area contributed by atoms with E-state index in [0.29, 0.717) is 11.7 Å². The number of nitrogens with one attached hydrogen (secondary N) is 1. The molecular formula is C14H24N4O. The molecular weight excluding hydrogens is 240 g/mol. The largest absolute Gasteiger partial charge is 0.393 e. The molecule has 1 aromatic rings. The maximum Gasteiger partial charge on any atom is 0.135 e. The normalized spacial score (nSPS) is 23.6. The monoisotopic (exact) mass is 264 g/mol. The molecule has 0 saturated heterocycles. The number of anilines is 2. The van der Waals surface area contributed by atoms with Crippen LogP contribution < -0.4 is 11.1 Å². The highest BCUT2D eigenvalue weighted by atomic mass is 16.3. The summed E-state index contributed by atoms with van der Waals surface area (Å²) in [6, 6.07) is 1.78. The average Bonchev–Trinajstić information content (AvgIpc) is 2.37. The maximum absolute atomic E-state index is 9.49. The molecule has 0 atom stereocenters. The molecule has 0 aliphatic heterocycles. The van der Waals surface area contributed by atoms with E-state index in [1.807, 2.05) is 0 Å². The predicted octanol–water partition coefficient (Wildman–Crippen LogP) is 2.15. The van der Waals surface area contributed by atoms with Gasteiger partial charge in [-0.25, -0.2) is 9.97 Å². The van der Waals surface area contributed by atoms with E-state index < -0.39 is 0 Å². The summed E-state index contributed by atoms with van der Waals surface area (Å²) in [6.07, 6.45) is 3.88. The Morgan fingerprint density at radius 3 is 2.63 bits per heavy atom. The molecule has 19 heavy (non-hydrogen) atoms. The number of aliphatic hydroxyl groups is 1. The quantitative estimate of drug-likeness (QED) is 0.776. The van der Waals surface area contributed by atoms with Gasteiger partial charge < -0.3 is 16.2 Å². The highest BCUT2D eigenvalue weighted by Gasteiger charge is 2.19. The van der Waals surface area contributed by atoms with Crippen LogP contribution in [0.2, 0.25) is 0 Å². The van der Waals surface area contributed by atoms with Crippen molar-refractivity contribution in [2.45, 2.75) is 51.6 Å². The van der Waals surface area contributed by atoms with E-state index in [0.717, 1.165) is 43.9 Å². The summed E-state index contributed by atoms with van der Waals surface area (Å²) in [7, 11) is 0. The number of hydrogen-bond donors (Lipinski definition) is 3. The fourth-order valence-electron chi connectivity index (χ4n) is 2.43. The van der Waals surface area contributed by atoms with Crippen molar-refractivity contribution in [1.29, 1.82) is 0 Å². The van der Waals surface area contributed by atoms with Crippen molar-refractivity contribution in [3.8, 4) is 0 Å². The molecule has 1 saturated carbocycles. The Labute approximate surface area is 114 Å². The van der Waals surface area contributed by atoms with Gasteiger partial charge in [0, 0.05) is 18.5 Å². The van der Waals surface area contributed by atoms with Crippen LogP contribution in [-0.4, -0.2) is 27.7 Å². The number of aliphatic hydroxyl groups excluding tert-OH is 1. The Kier molecular flexibility index (Phi) is 4.58. The molecule has 1 heterocycles. The molecule has 0 bridgehead atoms. The molecule has 1 fully saturated rings. The van der Waals surface area contributed by atoms with Crippen molar-refractivity contribution in [2.24, 2.45) is 5.92 Å². The minimum atomic E-state index is -0.0986. The zero-order valence-corrected chi connectivity index (χ0v) is 11.8. The molecule has 106 valence electrons. The Morgan fingerprint density at radius 2 is 2.00 bits per heavy atom. The van der Waals surface area contributed by atoms with Gasteiger partial charge in [0.2, 0.25) is 0 Å². The van der Waals surface area contributed by atoms with Gasteiger partial charge in [0.05, 0.1) is 6.10 Å². The molecule has 0 aromatic carbocycles. The second-order valence-corrected chi connectivity index (χ2v) is 5.75. The molecule has 0 amide bonds. The molecule has 5 nitrogen and oxygen atoms in total. The van der Waals surface area contributed by atoms with Crippen molar-refractivity contribution in [1.82, 2.24) is 9.97 Å². The molecule has 0 radical (unpaired) electrons. The summed E-state index contributed by atoms with van der Waals surface area (Å²) in [6.45, 7) is 5.00. The van der Waals surface area contributed by atoms with Gasteiger partial charge >= 0.3 is 0 Å². The van der Waals surface area contributed by atoms with Crippen molar-refractivity contribution in [3.05, 3.63) is 11.9 Å². The lowest BCUT2D eigenvalue weighted by atomic mass is 9.87. The molecule has 2 rings (SSSR count). The lowest BCUT2D eigenvalue weighted by molar-refractivity contribution is 0.111. The van der Waals surface area contributed by atoms with E-state index in [9.17, 15) is 5.11 Å². The molecule has 1 aromatic heterocycles. The number of nitrogen functional groups attached to an aromatic ring is 1. The number of aromatic nitrogens is 2. The van der Waals surface area contributed by atoms with Crippen molar-refractivity contribution in [2.75, 3.05) is 17.6 Å². The number of hydrogen-bond acceptors (Lipinski definition) is 5. The summed E-state index contributed by atoms with van der Waals surface area (Å²) in [5.41, 5.74) is 5.80. The molecule has 0 spiro atoms. The third kappa shape index (κ3) is 4.06. The fourth-order valence-corrected chi connectivity index (χ4v) is 2.43. The smallest absolute Gasteiger partial charge is 0.135 e. The van der Waals surface area contributed by atoms with Crippen LogP contribution in [0.4, 0.5) is 11.6 Å². The summed E-state index contributed by atoms with van der Waals surface area (Å²) in [5.74, 6) is 2.99. The first kappa shape index (κ1) is 14.1. The lowest BCUT2D eigenvalue weighted by Crippen LogP contribution is -2.24. The van der Waals surface area contributed by atoms with E-state index in [-0.39, 0.29) is 12.0 Å². The van der Waals surface area contributed by atoms with Crippen LogP contribution >= 0.6 is 0 Å². The van der Waals surface area contributed by atoms with Crippen LogP contribution in [0.3, 0.4) is 0 Å². The van der Waals surface area contributed by atoms with Crippen LogP contribution in [0.5, 0.6) is 0 Å². The first-order valence-electron chi connectivity index (χ1n) is 7.11. The van der Waals surface area contributed by atoms with E-state index >= 15 is 0 Å². The van der Waals surface area contributed by atoms with Crippen LogP contribution in [0.1, 0.15) is 51.3 Å². The second kappa shape index (κ2) is 6.19. The van der Waals surface area contributed by atoms with Gasteiger partial charge in [-0.3, -0.25) is 0 Å². The van der Waals surface area contributed by atoms with Crippen LogP contribution in [-0.2, 0) is 0 Å². The topological polar surface area (TPSA) is 84.1 Å². The Bertz CT molecular complexity index is 414. The van der Waals surface area contributed by atoms with Crippen LogP contribution in [0, 0.1) is 5.92 Å². The summed E-state index contributed by atoms with van der Waals surface area (Å²) < 4.78 is 0. The molecule has 0 unspecified atom stereocenters. The standard InChI is InChI=1S/C14H24N4O/c1-9(2)14-17-12(15)7-13(18-14)16-8-10-3-5-11(19)6-4-10/h7,9-11,19H,3-6,8H2,1-2H3,(H3,15,16,17,18). The highest BCUT2D eigenvalue weighted by Crippen LogP contribution is 2.24. The molecule has 1 aliphatic carbocycles. The van der Waals surface area contributed by atoms with Gasteiger partial charge in [-0.1, -0.05) is 13.8 Å². The first-order chi connectivity index (χ1) is 9.04. The number of rotatable bonds is 4. The van der Waals surface area contributed by atoms with Crippen LogP contribution in [0.25, 0.3) is 0 Å². The number of nitrogens with zero attached hydrogens (tertiary/aromatic N) is 2. The Morgan fingerprint density at radius 1 is 1.32 bits per heavy atom. The zero-order chi connectivity index (χ0) is 13.8. The van der Waals surface area contributed by atoms with Gasteiger partial charge in [-0.2, -0.15) is 0 Å². The number of nitrogens with two attached hydrogens (primary N) is 1. The summed E-state index contributed by atoms with van der Waals surface area (Å²) in [4.78, 5) is 8.71. The third-order valence-corrected chi connectivity index (χ3v) is 3.67. The minimum Gasteiger partial charge on any atom is -0.393 e. The van der Waals surface area contributed by atoms with Crippen molar-refractivity contribution < 1.29 is 5.11 Å². The molecule has 1 aliphatic rings. The van der Waals surface area contributed by atoms with E-state index in [2.05, 4.69) is 29.1 Å². The predicted molar refractivity (Wildman–Crippen MR) is 77.0 cm³/mol. The van der Waals surface area contributed by atoms with E-state index in [1.54, 1.807) is 6.07 Å². The Hall–Kier alpha value is -1.36. The first-order valence-corrected chi connectivity index (χ1v) is 7.11. The maximum atomic E-state index is 9.49. The SMILES string of the molecule is CC(C)c1nc(N)cc(NCC2CCC(O)CC2)n1. The molecule has 4 N–H and O–H groups in total. The van der Waals surface area contributed by atoms with Gasteiger partial charge in [-0.05, 0) is 31.6 Å².